The maximum absolute atomic E-state index is 12.4. The molecule has 0 saturated carbocycles. The van der Waals surface area contributed by atoms with Crippen molar-refractivity contribution in [3.8, 4) is 0 Å². The average Bonchev–Trinajstić information content (AvgIpc) is 2.29. The van der Waals surface area contributed by atoms with Gasteiger partial charge >= 0.3 is 0 Å². The summed E-state index contributed by atoms with van der Waals surface area (Å²) in [6.07, 6.45) is 0. The van der Waals surface area contributed by atoms with Gasteiger partial charge in [-0.3, -0.25) is 4.99 Å². The van der Waals surface area contributed by atoms with E-state index in [-0.39, 0.29) is 11.8 Å². The highest BCUT2D eigenvalue weighted by molar-refractivity contribution is 7.89. The maximum atomic E-state index is 12.4. The Morgan fingerprint density at radius 3 is 2.58 bits per heavy atom. The van der Waals surface area contributed by atoms with Crippen LogP contribution in [0.4, 0.5) is 0 Å². The van der Waals surface area contributed by atoms with E-state index in [0.29, 0.717) is 25.6 Å². The van der Waals surface area contributed by atoms with E-state index in [9.17, 15) is 8.42 Å². The third-order valence-electron chi connectivity index (χ3n) is 3.14. The molecule has 1 aliphatic rings. The van der Waals surface area contributed by atoms with Gasteiger partial charge in [-0.15, -0.1) is 0 Å². The largest absolute Gasteiger partial charge is 0.480 e. The Hall–Kier alpha value is -0.403. The third kappa shape index (κ3) is 4.89. The molecule has 19 heavy (non-hydrogen) atoms. The number of ether oxygens (including phenoxy) is 1. The van der Waals surface area contributed by atoms with E-state index < -0.39 is 18.1 Å². The summed E-state index contributed by atoms with van der Waals surface area (Å²) < 4.78 is 31.8. The van der Waals surface area contributed by atoms with Crippen LogP contribution in [0.5, 0.6) is 0 Å². The second-order valence-corrected chi connectivity index (χ2v) is 13.7. The number of nitrogens with zero attached hydrogens (tertiary/aromatic N) is 2. The molecule has 0 saturated heterocycles. The summed E-state index contributed by atoms with van der Waals surface area (Å²) in [5.41, 5.74) is 0. The van der Waals surface area contributed by atoms with Gasteiger partial charge in [-0.25, -0.2) is 8.42 Å². The van der Waals surface area contributed by atoms with Crippen LogP contribution < -0.4 is 0 Å². The smallest absolute Gasteiger partial charge is 0.214 e. The molecule has 1 rings (SSSR count). The van der Waals surface area contributed by atoms with Crippen LogP contribution in [0.15, 0.2) is 4.99 Å². The minimum absolute atomic E-state index is 0.243. The molecule has 1 atom stereocenters. The van der Waals surface area contributed by atoms with E-state index in [1.54, 1.807) is 4.31 Å². The van der Waals surface area contributed by atoms with Crippen LogP contribution in [0.2, 0.25) is 25.7 Å². The normalized spacial score (nSPS) is 22.2. The average molecular weight is 307 g/mol. The molecule has 0 N–H and O–H groups in total. The van der Waals surface area contributed by atoms with Crippen LogP contribution in [0, 0.1) is 0 Å². The van der Waals surface area contributed by atoms with Crippen molar-refractivity contribution in [1.82, 2.24) is 4.31 Å². The van der Waals surface area contributed by atoms with Gasteiger partial charge in [0.25, 0.3) is 0 Å². The third-order valence-corrected chi connectivity index (χ3v) is 7.18. The predicted molar refractivity (Wildman–Crippen MR) is 82.0 cm³/mol. The molecular weight excluding hydrogens is 280 g/mol. The molecule has 0 aromatic heterocycles. The Kier molecular flexibility index (Phi) is 5.58. The fourth-order valence-corrected chi connectivity index (χ4v) is 6.60. The molecule has 1 heterocycles. The van der Waals surface area contributed by atoms with Crippen molar-refractivity contribution in [3.05, 3.63) is 0 Å². The van der Waals surface area contributed by atoms with Crippen molar-refractivity contribution < 1.29 is 13.2 Å². The summed E-state index contributed by atoms with van der Waals surface area (Å²) in [6.45, 7) is 11.8. The van der Waals surface area contributed by atoms with Gasteiger partial charge in [0.1, 0.15) is 0 Å². The zero-order valence-electron chi connectivity index (χ0n) is 12.6. The fraction of sp³-hybridized carbons (Fsp3) is 0.917. The Bertz CT molecular complexity index is 429. The van der Waals surface area contributed by atoms with Crippen molar-refractivity contribution in [2.75, 3.05) is 25.4 Å². The molecule has 0 unspecified atom stereocenters. The molecule has 5 nitrogen and oxygen atoms in total. The molecule has 0 aliphatic carbocycles. The maximum Gasteiger partial charge on any atom is 0.214 e. The van der Waals surface area contributed by atoms with Gasteiger partial charge in [0, 0.05) is 14.6 Å². The van der Waals surface area contributed by atoms with Crippen LogP contribution in [0.3, 0.4) is 0 Å². The second kappa shape index (κ2) is 6.36. The van der Waals surface area contributed by atoms with Gasteiger partial charge in [-0.2, -0.15) is 4.31 Å². The molecular formula is C12H26N2O3SSi. The first-order valence-electron chi connectivity index (χ1n) is 6.84. The standard InChI is InChI=1S/C12H26N2O3SSi/c1-6-17-12-11(2)14(8-7-13-12)18(15,16)9-10-19(3,4)5/h11H,6-10H2,1-5H3/t11-/m1/s1. The number of rotatable bonds is 5. The van der Waals surface area contributed by atoms with Crippen molar-refractivity contribution in [3.63, 3.8) is 0 Å². The van der Waals surface area contributed by atoms with E-state index in [1.807, 2.05) is 13.8 Å². The summed E-state index contributed by atoms with van der Waals surface area (Å²) in [4.78, 5) is 4.27. The SMILES string of the molecule is CCOC1=NCCN(S(=O)(=O)CC[Si](C)(C)C)[C@@H]1C. The van der Waals surface area contributed by atoms with Gasteiger partial charge in [-0.1, -0.05) is 19.6 Å². The fourth-order valence-electron chi connectivity index (χ4n) is 1.95. The molecule has 0 radical (unpaired) electrons. The Labute approximate surface area is 118 Å². The summed E-state index contributed by atoms with van der Waals surface area (Å²) in [5.74, 6) is 0.789. The van der Waals surface area contributed by atoms with E-state index >= 15 is 0 Å². The van der Waals surface area contributed by atoms with Crippen LogP contribution >= 0.6 is 0 Å². The zero-order valence-corrected chi connectivity index (χ0v) is 14.5. The molecule has 0 amide bonds. The lowest BCUT2D eigenvalue weighted by Crippen LogP contribution is -2.49. The Balaban J connectivity index is 2.76. The number of aliphatic imine (C=N–C) groups is 1. The summed E-state index contributed by atoms with van der Waals surface area (Å²) in [7, 11) is -4.56. The number of sulfonamides is 1. The predicted octanol–water partition coefficient (Wildman–Crippen LogP) is 1.79. The van der Waals surface area contributed by atoms with Crippen molar-refractivity contribution in [1.29, 1.82) is 0 Å². The summed E-state index contributed by atoms with van der Waals surface area (Å²) >= 11 is 0. The Morgan fingerprint density at radius 1 is 1.42 bits per heavy atom. The molecule has 0 spiro atoms. The quantitative estimate of drug-likeness (QED) is 0.728. The van der Waals surface area contributed by atoms with Gasteiger partial charge in [-0.05, 0) is 19.9 Å². The van der Waals surface area contributed by atoms with E-state index in [1.165, 1.54) is 0 Å². The monoisotopic (exact) mass is 306 g/mol. The lowest BCUT2D eigenvalue weighted by molar-refractivity contribution is 0.266. The topological polar surface area (TPSA) is 59.0 Å². The van der Waals surface area contributed by atoms with Crippen LogP contribution in [0.1, 0.15) is 13.8 Å². The Morgan fingerprint density at radius 2 is 2.05 bits per heavy atom. The molecule has 0 bridgehead atoms. The molecule has 1 aliphatic heterocycles. The second-order valence-electron chi connectivity index (χ2n) is 6.07. The molecule has 0 aromatic rings. The number of hydrogen-bond donors (Lipinski definition) is 0. The first-order chi connectivity index (χ1) is 8.67. The van der Waals surface area contributed by atoms with Gasteiger partial charge < -0.3 is 4.74 Å². The first kappa shape index (κ1) is 16.7. The van der Waals surface area contributed by atoms with Gasteiger partial charge in [0.15, 0.2) is 0 Å². The van der Waals surface area contributed by atoms with Gasteiger partial charge in [0.2, 0.25) is 15.9 Å². The van der Waals surface area contributed by atoms with E-state index in [0.717, 1.165) is 6.04 Å². The van der Waals surface area contributed by atoms with Crippen molar-refractivity contribution >= 4 is 24.0 Å². The van der Waals surface area contributed by atoms with Crippen LogP contribution in [-0.2, 0) is 14.8 Å². The highest BCUT2D eigenvalue weighted by Crippen LogP contribution is 2.18. The molecule has 112 valence electrons. The zero-order chi connectivity index (χ0) is 14.7. The van der Waals surface area contributed by atoms with Gasteiger partial charge in [0.05, 0.1) is 24.9 Å². The van der Waals surface area contributed by atoms with E-state index in [2.05, 4.69) is 24.6 Å². The van der Waals surface area contributed by atoms with Crippen LogP contribution in [0.25, 0.3) is 0 Å². The molecule has 7 heteroatoms. The van der Waals surface area contributed by atoms with Crippen molar-refractivity contribution in [2.45, 2.75) is 45.6 Å². The lowest BCUT2D eigenvalue weighted by Gasteiger charge is -2.32. The lowest BCUT2D eigenvalue weighted by atomic mass is 10.3. The minimum Gasteiger partial charge on any atom is -0.480 e. The number of hydrogen-bond acceptors (Lipinski definition) is 4. The highest BCUT2D eigenvalue weighted by atomic mass is 32.2. The van der Waals surface area contributed by atoms with Crippen LogP contribution in [-0.4, -0.2) is 58.2 Å². The minimum atomic E-state index is -3.21. The molecule has 0 aromatic carbocycles. The highest BCUT2D eigenvalue weighted by Gasteiger charge is 2.34. The first-order valence-corrected chi connectivity index (χ1v) is 12.2. The van der Waals surface area contributed by atoms with E-state index in [4.69, 9.17) is 4.74 Å². The van der Waals surface area contributed by atoms with Crippen molar-refractivity contribution in [2.24, 2.45) is 4.99 Å². The summed E-state index contributed by atoms with van der Waals surface area (Å²) in [6, 6.07) is 0.514. The molecule has 0 fully saturated rings. The summed E-state index contributed by atoms with van der Waals surface area (Å²) in [5, 5.41) is 0.